The number of hydrogen-bond donors (Lipinski definition) is 2. The molecule has 2 aromatic rings. The van der Waals surface area contributed by atoms with Crippen LogP contribution in [-0.4, -0.2) is 24.6 Å². The van der Waals surface area contributed by atoms with Gasteiger partial charge in [0.2, 0.25) is 0 Å². The molecule has 0 spiro atoms. The number of pyridine rings is 1. The number of nitrogens with two attached hydrogens (primary N) is 1. The zero-order chi connectivity index (χ0) is 14.4. The Morgan fingerprint density at radius 3 is 2.75 bits per heavy atom. The Balaban J connectivity index is 1.95. The molecule has 6 nitrogen and oxygen atoms in total. The molecule has 1 heterocycles. The van der Waals surface area contributed by atoms with Gasteiger partial charge >= 0.3 is 0 Å². The topological polar surface area (TPSA) is 86.5 Å². The van der Waals surface area contributed by atoms with Gasteiger partial charge in [-0.05, 0) is 24.3 Å². The molecule has 0 saturated heterocycles. The summed E-state index contributed by atoms with van der Waals surface area (Å²) in [6.45, 7) is -0.159. The Morgan fingerprint density at radius 1 is 1.25 bits per heavy atom. The minimum absolute atomic E-state index is 0.159. The zero-order valence-electron chi connectivity index (χ0n) is 11.0. The molecule has 0 saturated carbocycles. The van der Waals surface area contributed by atoms with Gasteiger partial charge in [-0.1, -0.05) is 12.1 Å². The van der Waals surface area contributed by atoms with Crippen molar-refractivity contribution in [3.05, 3.63) is 42.6 Å². The third kappa shape index (κ3) is 3.38. The Hall–Kier alpha value is -2.76. The smallest absolute Gasteiger partial charge is 0.262 e. The maximum atomic E-state index is 11.8. The number of carbonyl (C=O) groups is 1. The highest BCUT2D eigenvalue weighted by Crippen LogP contribution is 2.23. The second-order valence-corrected chi connectivity index (χ2v) is 3.92. The van der Waals surface area contributed by atoms with Crippen molar-refractivity contribution in [2.24, 2.45) is 0 Å². The molecule has 20 heavy (non-hydrogen) atoms. The fourth-order valence-corrected chi connectivity index (χ4v) is 1.60. The fourth-order valence-electron chi connectivity index (χ4n) is 1.60. The predicted molar refractivity (Wildman–Crippen MR) is 75.8 cm³/mol. The van der Waals surface area contributed by atoms with E-state index >= 15 is 0 Å². The number of amides is 1. The Labute approximate surface area is 116 Å². The monoisotopic (exact) mass is 273 g/mol. The summed E-state index contributed by atoms with van der Waals surface area (Å²) < 4.78 is 10.4. The van der Waals surface area contributed by atoms with Crippen molar-refractivity contribution in [1.29, 1.82) is 0 Å². The molecule has 2 rings (SSSR count). The number of anilines is 2. The Morgan fingerprint density at radius 2 is 2.00 bits per heavy atom. The van der Waals surface area contributed by atoms with Crippen LogP contribution in [0.2, 0.25) is 0 Å². The van der Waals surface area contributed by atoms with Gasteiger partial charge in [0.05, 0.1) is 12.8 Å². The largest absolute Gasteiger partial charge is 0.495 e. The number of para-hydroxylation sites is 2. The average Bonchev–Trinajstić information content (AvgIpc) is 2.47. The molecule has 0 aliphatic carbocycles. The normalized spacial score (nSPS) is 9.85. The second-order valence-electron chi connectivity index (χ2n) is 3.92. The maximum Gasteiger partial charge on any atom is 0.262 e. The molecule has 1 amide bonds. The molecular weight excluding hydrogens is 258 g/mol. The number of hydrogen-bond acceptors (Lipinski definition) is 5. The van der Waals surface area contributed by atoms with Gasteiger partial charge in [-0.2, -0.15) is 0 Å². The van der Waals surface area contributed by atoms with Crippen LogP contribution in [0.1, 0.15) is 0 Å². The number of carbonyl (C=O) groups excluding carboxylic acids is 1. The molecule has 0 aliphatic rings. The fraction of sp³-hybridized carbons (Fsp3) is 0.143. The number of nitrogens with one attached hydrogen (secondary N) is 1. The van der Waals surface area contributed by atoms with E-state index < -0.39 is 0 Å². The van der Waals surface area contributed by atoms with E-state index in [0.717, 1.165) is 0 Å². The van der Waals surface area contributed by atoms with Crippen LogP contribution in [-0.2, 0) is 4.79 Å². The van der Waals surface area contributed by atoms with E-state index in [0.29, 0.717) is 17.2 Å². The van der Waals surface area contributed by atoms with Gasteiger partial charge in [0, 0.05) is 6.20 Å². The summed E-state index contributed by atoms with van der Waals surface area (Å²) in [7, 11) is 1.54. The molecule has 1 aromatic carbocycles. The van der Waals surface area contributed by atoms with Crippen molar-refractivity contribution >= 4 is 17.4 Å². The van der Waals surface area contributed by atoms with Gasteiger partial charge in [0.25, 0.3) is 5.91 Å². The first-order valence-electron chi connectivity index (χ1n) is 5.97. The van der Waals surface area contributed by atoms with E-state index in [1.807, 2.05) is 6.07 Å². The van der Waals surface area contributed by atoms with E-state index in [1.54, 1.807) is 36.5 Å². The summed E-state index contributed by atoms with van der Waals surface area (Å²) in [6.07, 6.45) is 1.55. The summed E-state index contributed by atoms with van der Waals surface area (Å²) in [6, 6.07) is 10.5. The van der Waals surface area contributed by atoms with Crippen molar-refractivity contribution in [3.8, 4) is 11.5 Å². The lowest BCUT2D eigenvalue weighted by Crippen LogP contribution is -2.20. The van der Waals surface area contributed by atoms with Gasteiger partial charge in [-0.15, -0.1) is 0 Å². The number of nitrogens with zero attached hydrogens (tertiary/aromatic N) is 1. The van der Waals surface area contributed by atoms with Crippen LogP contribution >= 0.6 is 0 Å². The highest BCUT2D eigenvalue weighted by molar-refractivity contribution is 5.93. The Bertz CT molecular complexity index is 602. The van der Waals surface area contributed by atoms with Gasteiger partial charge in [-0.25, -0.2) is 4.98 Å². The molecule has 0 unspecified atom stereocenters. The van der Waals surface area contributed by atoms with E-state index in [4.69, 9.17) is 15.2 Å². The SMILES string of the molecule is COc1ccccc1NC(=O)COc1cccnc1N. The van der Waals surface area contributed by atoms with Crippen LogP contribution in [0.5, 0.6) is 11.5 Å². The summed E-state index contributed by atoms with van der Waals surface area (Å²) in [5.41, 5.74) is 6.20. The van der Waals surface area contributed by atoms with E-state index in [-0.39, 0.29) is 18.3 Å². The summed E-state index contributed by atoms with van der Waals surface area (Å²) >= 11 is 0. The first-order valence-corrected chi connectivity index (χ1v) is 5.97. The second kappa shape index (κ2) is 6.42. The van der Waals surface area contributed by atoms with E-state index in [1.165, 1.54) is 7.11 Å². The average molecular weight is 273 g/mol. The third-order valence-electron chi connectivity index (χ3n) is 2.54. The highest BCUT2D eigenvalue weighted by Gasteiger charge is 2.08. The van der Waals surface area contributed by atoms with Crippen LogP contribution in [0.4, 0.5) is 11.5 Å². The number of nitrogen functional groups attached to an aromatic ring is 1. The minimum atomic E-state index is -0.308. The number of benzene rings is 1. The first-order chi connectivity index (χ1) is 9.70. The van der Waals surface area contributed by atoms with E-state index in [9.17, 15) is 4.79 Å². The molecule has 0 fully saturated rings. The standard InChI is InChI=1S/C14H15N3O3/c1-19-11-6-3-2-5-10(11)17-13(18)9-20-12-7-4-8-16-14(12)15/h2-8H,9H2,1H3,(H2,15,16)(H,17,18). The maximum absolute atomic E-state index is 11.8. The number of ether oxygens (including phenoxy) is 2. The van der Waals surface area contributed by atoms with Crippen LogP contribution in [0.15, 0.2) is 42.6 Å². The number of rotatable bonds is 5. The minimum Gasteiger partial charge on any atom is -0.495 e. The lowest BCUT2D eigenvalue weighted by atomic mass is 10.3. The molecule has 0 aliphatic heterocycles. The molecule has 0 radical (unpaired) electrons. The zero-order valence-corrected chi connectivity index (χ0v) is 11.0. The van der Waals surface area contributed by atoms with E-state index in [2.05, 4.69) is 10.3 Å². The van der Waals surface area contributed by atoms with Gasteiger partial charge in [0.1, 0.15) is 5.75 Å². The molecule has 104 valence electrons. The van der Waals surface area contributed by atoms with Crippen molar-refractivity contribution in [1.82, 2.24) is 4.98 Å². The first kappa shape index (κ1) is 13.7. The molecule has 6 heteroatoms. The van der Waals surface area contributed by atoms with Crippen LogP contribution in [0, 0.1) is 0 Å². The Kier molecular flexibility index (Phi) is 4.39. The molecule has 1 aromatic heterocycles. The predicted octanol–water partition coefficient (Wildman–Crippen LogP) is 1.69. The summed E-state index contributed by atoms with van der Waals surface area (Å²) in [5.74, 6) is 0.903. The van der Waals surface area contributed by atoms with Gasteiger partial charge in [-0.3, -0.25) is 4.79 Å². The van der Waals surface area contributed by atoms with Crippen LogP contribution < -0.4 is 20.5 Å². The lowest BCUT2D eigenvalue weighted by Gasteiger charge is -2.11. The van der Waals surface area contributed by atoms with Crippen molar-refractivity contribution in [3.63, 3.8) is 0 Å². The van der Waals surface area contributed by atoms with Gasteiger partial charge in [0.15, 0.2) is 18.2 Å². The summed E-state index contributed by atoms with van der Waals surface area (Å²) in [4.78, 5) is 15.7. The van der Waals surface area contributed by atoms with Crippen molar-refractivity contribution < 1.29 is 14.3 Å². The number of methoxy groups -OCH3 is 1. The number of aromatic nitrogens is 1. The molecule has 0 atom stereocenters. The van der Waals surface area contributed by atoms with Crippen molar-refractivity contribution in [2.45, 2.75) is 0 Å². The summed E-state index contributed by atoms with van der Waals surface area (Å²) in [5, 5.41) is 2.70. The quantitative estimate of drug-likeness (QED) is 0.865. The van der Waals surface area contributed by atoms with Crippen LogP contribution in [0.3, 0.4) is 0 Å². The lowest BCUT2D eigenvalue weighted by molar-refractivity contribution is -0.118. The van der Waals surface area contributed by atoms with Gasteiger partial charge < -0.3 is 20.5 Å². The highest BCUT2D eigenvalue weighted by atomic mass is 16.5. The van der Waals surface area contributed by atoms with Crippen molar-refractivity contribution in [2.75, 3.05) is 24.8 Å². The molecular formula is C14H15N3O3. The molecule has 3 N–H and O–H groups in total. The molecule has 0 bridgehead atoms. The third-order valence-corrected chi connectivity index (χ3v) is 2.54. The van der Waals surface area contributed by atoms with Crippen LogP contribution in [0.25, 0.3) is 0 Å².